The number of fused-ring (bicyclic) bond motifs is 3. The van der Waals surface area contributed by atoms with Gasteiger partial charge in [0, 0.05) is 16.7 Å². The summed E-state index contributed by atoms with van der Waals surface area (Å²) in [5, 5.41) is 3.07. The van der Waals surface area contributed by atoms with Crippen molar-refractivity contribution in [3.63, 3.8) is 0 Å². The monoisotopic (exact) mass is 745 g/mol. The van der Waals surface area contributed by atoms with Crippen LogP contribution in [0.1, 0.15) is 0 Å². The van der Waals surface area contributed by atoms with Crippen molar-refractivity contribution in [1.82, 2.24) is 15.0 Å². The Morgan fingerprint density at radius 2 is 0.614 bits per heavy atom. The molecule has 57 heavy (non-hydrogen) atoms. The Kier molecular flexibility index (Phi) is 8.62. The Bertz CT molecular complexity index is 2920. The van der Waals surface area contributed by atoms with E-state index < -0.39 is 8.07 Å². The zero-order valence-corrected chi connectivity index (χ0v) is 32.9. The van der Waals surface area contributed by atoms with Gasteiger partial charge in [0.25, 0.3) is 0 Å². The molecule has 0 fully saturated rings. The van der Waals surface area contributed by atoms with E-state index in [9.17, 15) is 0 Å². The Morgan fingerprint density at radius 1 is 0.263 bits per heavy atom. The van der Waals surface area contributed by atoms with Crippen LogP contribution in [-0.4, -0.2) is 23.0 Å². The lowest BCUT2D eigenvalue weighted by molar-refractivity contribution is 1.07. The molecule has 1 aliphatic rings. The summed E-state index contributed by atoms with van der Waals surface area (Å²) >= 11 is 0. The van der Waals surface area contributed by atoms with Crippen LogP contribution in [0.15, 0.2) is 200 Å². The van der Waals surface area contributed by atoms with E-state index in [0.29, 0.717) is 17.5 Å². The first kappa shape index (κ1) is 34.5. The van der Waals surface area contributed by atoms with Crippen LogP contribution in [0.5, 0.6) is 0 Å². The van der Waals surface area contributed by atoms with Crippen molar-refractivity contribution >= 4 is 18.4 Å². The minimum atomic E-state index is -1.69. The first-order chi connectivity index (χ1) is 28.0. The summed E-state index contributed by atoms with van der Waals surface area (Å²) in [6.45, 7) is 4.94. The molecule has 0 bridgehead atoms. The molecule has 0 spiro atoms. The van der Waals surface area contributed by atoms with Crippen LogP contribution in [0, 0.1) is 0 Å². The summed E-state index contributed by atoms with van der Waals surface area (Å²) < 4.78 is 0. The minimum Gasteiger partial charge on any atom is -0.208 e. The minimum absolute atomic E-state index is 0.641. The van der Waals surface area contributed by atoms with Crippen molar-refractivity contribution in [3.8, 4) is 89.8 Å². The molecule has 0 N–H and O–H groups in total. The van der Waals surface area contributed by atoms with E-state index in [1.165, 1.54) is 43.8 Å². The first-order valence-electron chi connectivity index (χ1n) is 19.5. The molecular formula is C53H39N3Si. The second-order valence-electron chi connectivity index (χ2n) is 15.3. The summed E-state index contributed by atoms with van der Waals surface area (Å²) in [7, 11) is -1.69. The molecular weight excluding hydrogens is 707 g/mol. The number of aromatic nitrogens is 3. The van der Waals surface area contributed by atoms with Gasteiger partial charge in [0.15, 0.2) is 17.5 Å². The van der Waals surface area contributed by atoms with Crippen LogP contribution in [0.4, 0.5) is 0 Å². The van der Waals surface area contributed by atoms with Gasteiger partial charge in [0.05, 0.1) is 0 Å². The van der Waals surface area contributed by atoms with E-state index in [0.717, 1.165) is 38.9 Å². The number of hydrogen-bond acceptors (Lipinski definition) is 3. The Balaban J connectivity index is 0.961. The molecule has 9 aromatic rings. The predicted octanol–water partition coefficient (Wildman–Crippen LogP) is 12.3. The predicted molar refractivity (Wildman–Crippen MR) is 240 cm³/mol. The Morgan fingerprint density at radius 3 is 1.21 bits per heavy atom. The van der Waals surface area contributed by atoms with E-state index in [1.54, 1.807) is 0 Å². The molecule has 0 amide bonds. The zero-order chi connectivity index (χ0) is 38.3. The fourth-order valence-corrected chi connectivity index (χ4v) is 11.4. The van der Waals surface area contributed by atoms with Crippen LogP contribution in [0.25, 0.3) is 89.8 Å². The van der Waals surface area contributed by atoms with E-state index in [4.69, 9.17) is 15.0 Å². The van der Waals surface area contributed by atoms with Crippen molar-refractivity contribution < 1.29 is 0 Å². The molecule has 8 aromatic carbocycles. The number of benzene rings is 8. The Labute approximate surface area is 335 Å². The van der Waals surface area contributed by atoms with Gasteiger partial charge in [-0.25, -0.2) is 15.0 Å². The molecule has 0 atom stereocenters. The molecule has 0 aliphatic carbocycles. The maximum Gasteiger partial charge on any atom is 0.164 e. The molecule has 1 aromatic heterocycles. The smallest absolute Gasteiger partial charge is 0.164 e. The van der Waals surface area contributed by atoms with Crippen LogP contribution in [0.2, 0.25) is 13.1 Å². The largest absolute Gasteiger partial charge is 0.208 e. The zero-order valence-electron chi connectivity index (χ0n) is 31.9. The maximum absolute atomic E-state index is 5.04. The number of nitrogens with zero attached hydrogens (tertiary/aromatic N) is 3. The van der Waals surface area contributed by atoms with Crippen LogP contribution >= 0.6 is 0 Å². The van der Waals surface area contributed by atoms with Crippen molar-refractivity contribution in [2.24, 2.45) is 0 Å². The average Bonchev–Trinajstić information content (AvgIpc) is 3.52. The summed E-state index contributed by atoms with van der Waals surface area (Å²) in [6, 6.07) is 71.4. The van der Waals surface area contributed by atoms with Gasteiger partial charge >= 0.3 is 0 Å². The van der Waals surface area contributed by atoms with Gasteiger partial charge in [-0.15, -0.1) is 0 Å². The standard InChI is InChI=1S/C53H39N3Si/c1-57(2)49-25-10-9-24-47(49)48-35-45(30-31-50(48)57)44-22-12-21-43(33-44)42-20-11-18-40(32-42)37-26-28-39(29-27-37)52-54-51(38-16-7-4-8-17-38)55-53(56-52)46-23-13-19-41(34-46)36-14-5-3-6-15-36/h3-35H,1-2H3. The van der Waals surface area contributed by atoms with Gasteiger partial charge in [-0.1, -0.05) is 189 Å². The average molecular weight is 746 g/mol. The highest BCUT2D eigenvalue weighted by Crippen LogP contribution is 2.35. The molecule has 4 heteroatoms. The fraction of sp³-hybridized carbons (Fsp3) is 0.0377. The summed E-state index contributed by atoms with van der Waals surface area (Å²) in [5.74, 6) is 1.93. The maximum atomic E-state index is 5.04. The van der Waals surface area contributed by atoms with Crippen molar-refractivity contribution in [2.75, 3.05) is 0 Å². The summed E-state index contributed by atoms with van der Waals surface area (Å²) in [4.78, 5) is 15.0. The molecule has 0 saturated carbocycles. The SMILES string of the molecule is C[Si]1(C)c2ccccc2-c2cc(-c3cccc(-c4cccc(-c5ccc(-c6nc(-c7ccccc7)nc(-c7cccc(-c8ccccc8)c7)n6)cc5)c4)c3)ccc21. The topological polar surface area (TPSA) is 38.7 Å². The second-order valence-corrected chi connectivity index (χ2v) is 19.6. The second kappa shape index (κ2) is 14.2. The van der Waals surface area contributed by atoms with E-state index >= 15 is 0 Å². The van der Waals surface area contributed by atoms with Gasteiger partial charge in [-0.3, -0.25) is 0 Å². The Hall–Kier alpha value is -7.01. The lowest BCUT2D eigenvalue weighted by atomic mass is 9.94. The normalized spacial score (nSPS) is 12.5. The van der Waals surface area contributed by atoms with Gasteiger partial charge in [0.1, 0.15) is 8.07 Å². The third-order valence-electron chi connectivity index (χ3n) is 11.3. The molecule has 3 nitrogen and oxygen atoms in total. The molecule has 1 aliphatic heterocycles. The quantitative estimate of drug-likeness (QED) is 0.153. The van der Waals surface area contributed by atoms with Crippen LogP contribution in [0.3, 0.4) is 0 Å². The van der Waals surface area contributed by atoms with Crippen LogP contribution < -0.4 is 10.4 Å². The van der Waals surface area contributed by atoms with Crippen molar-refractivity contribution in [1.29, 1.82) is 0 Å². The van der Waals surface area contributed by atoms with Crippen molar-refractivity contribution in [3.05, 3.63) is 200 Å². The van der Waals surface area contributed by atoms with Crippen molar-refractivity contribution in [2.45, 2.75) is 13.1 Å². The number of hydrogen-bond donors (Lipinski definition) is 0. The van der Waals surface area contributed by atoms with Gasteiger partial charge in [0.2, 0.25) is 0 Å². The molecule has 10 rings (SSSR count). The fourth-order valence-electron chi connectivity index (χ4n) is 8.29. The summed E-state index contributed by atoms with van der Waals surface area (Å²) in [5.41, 5.74) is 15.1. The van der Waals surface area contributed by atoms with E-state index in [-0.39, 0.29) is 0 Å². The third-order valence-corrected chi connectivity index (χ3v) is 14.9. The highest BCUT2D eigenvalue weighted by atomic mass is 28.3. The van der Waals surface area contributed by atoms with Gasteiger partial charge in [-0.2, -0.15) is 0 Å². The lowest BCUT2D eigenvalue weighted by Crippen LogP contribution is -2.49. The van der Waals surface area contributed by atoms with Gasteiger partial charge in [-0.05, 0) is 90.3 Å². The molecule has 0 saturated heterocycles. The summed E-state index contributed by atoms with van der Waals surface area (Å²) in [6.07, 6.45) is 0. The highest BCUT2D eigenvalue weighted by molar-refractivity contribution is 7.03. The van der Waals surface area contributed by atoms with Gasteiger partial charge < -0.3 is 0 Å². The van der Waals surface area contributed by atoms with E-state index in [1.807, 2.05) is 36.4 Å². The number of rotatable bonds is 7. The van der Waals surface area contributed by atoms with Crippen LogP contribution in [-0.2, 0) is 0 Å². The molecule has 2 heterocycles. The first-order valence-corrected chi connectivity index (χ1v) is 22.5. The molecule has 0 radical (unpaired) electrons. The van der Waals surface area contributed by atoms with E-state index in [2.05, 4.69) is 177 Å². The highest BCUT2D eigenvalue weighted by Gasteiger charge is 2.37. The lowest BCUT2D eigenvalue weighted by Gasteiger charge is -2.18. The molecule has 270 valence electrons. The third kappa shape index (κ3) is 6.50. The molecule has 0 unspecified atom stereocenters.